The molecule has 10 nitrogen and oxygen atoms in total. The van der Waals surface area contributed by atoms with Crippen molar-refractivity contribution >= 4 is 17.9 Å². The Kier molecular flexibility index (Phi) is 10.3. The van der Waals surface area contributed by atoms with Gasteiger partial charge in [-0.05, 0) is 41.8 Å². The van der Waals surface area contributed by atoms with Gasteiger partial charge in [0.15, 0.2) is 0 Å². The molecule has 3 aliphatic heterocycles. The lowest BCUT2D eigenvalue weighted by atomic mass is 10.1. The minimum absolute atomic E-state index is 0.108. The molecule has 0 unspecified atom stereocenters. The summed E-state index contributed by atoms with van der Waals surface area (Å²) in [6, 6.07) is 14.0. The van der Waals surface area contributed by atoms with Crippen LogP contribution in [0.4, 0.5) is 9.18 Å². The Morgan fingerprint density at radius 3 is 2.23 bits per heavy atom. The molecule has 2 aromatic carbocycles. The van der Waals surface area contributed by atoms with Crippen LogP contribution in [0, 0.1) is 11.8 Å². The molecule has 0 spiro atoms. The molecule has 228 valence electrons. The average Bonchev–Trinajstić information content (AvgIpc) is 3.66. The lowest BCUT2D eigenvalue weighted by molar-refractivity contribution is -0.125. The molecule has 11 heteroatoms. The van der Waals surface area contributed by atoms with E-state index < -0.39 is 30.4 Å². The highest BCUT2D eigenvalue weighted by molar-refractivity contribution is 5.87. The molecule has 5 rings (SSSR count). The second-order valence-electron chi connectivity index (χ2n) is 11.1. The summed E-state index contributed by atoms with van der Waals surface area (Å²) in [5.41, 5.74) is 3.93. The minimum Gasteiger partial charge on any atom is -0.453 e. The third-order valence-electron chi connectivity index (χ3n) is 7.99. The predicted octanol–water partition coefficient (Wildman–Crippen LogP) is 1.56. The van der Waals surface area contributed by atoms with Crippen LogP contribution in [0.5, 0.6) is 0 Å². The lowest BCUT2D eigenvalue weighted by Gasteiger charge is -2.26. The first-order valence-corrected chi connectivity index (χ1v) is 14.7. The average molecular weight is 592 g/mol. The van der Waals surface area contributed by atoms with E-state index in [1.165, 1.54) is 17.6 Å². The molecule has 3 aliphatic rings. The number of amides is 3. The molecule has 3 N–H and O–H groups in total. The fourth-order valence-electron chi connectivity index (χ4n) is 5.57. The Labute approximate surface area is 251 Å². The van der Waals surface area contributed by atoms with Gasteiger partial charge in [0, 0.05) is 62.9 Å². The van der Waals surface area contributed by atoms with E-state index in [1.807, 2.05) is 36.4 Å². The van der Waals surface area contributed by atoms with Gasteiger partial charge in [-0.3, -0.25) is 19.4 Å². The Balaban J connectivity index is 1.11. The lowest BCUT2D eigenvalue weighted by Crippen LogP contribution is -2.46. The van der Waals surface area contributed by atoms with E-state index in [-0.39, 0.29) is 44.3 Å². The molecular weight excluding hydrogens is 553 g/mol. The Bertz CT molecular complexity index is 1340. The first kappa shape index (κ1) is 30.5. The van der Waals surface area contributed by atoms with Gasteiger partial charge in [0.2, 0.25) is 11.8 Å². The first-order chi connectivity index (χ1) is 20.9. The number of nitrogens with zero attached hydrogens (tertiary/aromatic N) is 2. The molecule has 0 aliphatic carbocycles. The first-order valence-electron chi connectivity index (χ1n) is 14.7. The molecule has 3 saturated heterocycles. The summed E-state index contributed by atoms with van der Waals surface area (Å²) in [4.78, 5) is 41.7. The van der Waals surface area contributed by atoms with Gasteiger partial charge in [0.25, 0.3) is 0 Å². The number of nitrogens with one attached hydrogen (secondary N) is 3. The number of hydrogen-bond acceptors (Lipinski definition) is 7. The Hall–Kier alpha value is -3.98. The van der Waals surface area contributed by atoms with E-state index in [0.29, 0.717) is 0 Å². The number of likely N-dealkylation sites (tertiary alicyclic amines) is 1. The van der Waals surface area contributed by atoms with Crippen molar-refractivity contribution in [1.29, 1.82) is 0 Å². The van der Waals surface area contributed by atoms with Crippen molar-refractivity contribution in [2.75, 3.05) is 46.5 Å². The van der Waals surface area contributed by atoms with E-state index in [0.717, 1.165) is 49.5 Å². The molecule has 3 fully saturated rings. The van der Waals surface area contributed by atoms with Gasteiger partial charge in [0.05, 0.1) is 26.4 Å². The van der Waals surface area contributed by atoms with Crippen molar-refractivity contribution < 1.29 is 28.2 Å². The number of halogens is 1. The van der Waals surface area contributed by atoms with E-state index in [4.69, 9.17) is 9.47 Å². The zero-order chi connectivity index (χ0) is 30.2. The number of carbonyl (C=O) groups excluding carboxylic acids is 3. The van der Waals surface area contributed by atoms with Gasteiger partial charge < -0.3 is 25.4 Å². The highest BCUT2D eigenvalue weighted by atomic mass is 19.1. The van der Waals surface area contributed by atoms with E-state index in [1.54, 1.807) is 0 Å². The molecule has 0 radical (unpaired) electrons. The monoisotopic (exact) mass is 591 g/mol. The number of carbonyl (C=O) groups is 3. The number of alkyl halides is 1. The highest BCUT2D eigenvalue weighted by Gasteiger charge is 2.41. The minimum atomic E-state index is -1.06. The van der Waals surface area contributed by atoms with E-state index >= 15 is 0 Å². The van der Waals surface area contributed by atoms with Crippen LogP contribution in [-0.2, 0) is 32.2 Å². The van der Waals surface area contributed by atoms with Crippen LogP contribution in [0.2, 0.25) is 0 Å². The van der Waals surface area contributed by atoms with Gasteiger partial charge in [-0.1, -0.05) is 36.1 Å². The topological polar surface area (TPSA) is 112 Å². The molecule has 0 bridgehead atoms. The van der Waals surface area contributed by atoms with Crippen LogP contribution >= 0.6 is 0 Å². The van der Waals surface area contributed by atoms with Crippen LogP contribution in [0.1, 0.15) is 35.1 Å². The molecule has 43 heavy (non-hydrogen) atoms. The summed E-state index contributed by atoms with van der Waals surface area (Å²) in [6.07, 6.45) is -1.36. The number of morpholine rings is 1. The molecule has 3 amide bonds. The van der Waals surface area contributed by atoms with Crippen molar-refractivity contribution in [2.45, 2.75) is 50.2 Å². The van der Waals surface area contributed by atoms with Crippen LogP contribution in [0.15, 0.2) is 48.5 Å². The third-order valence-corrected chi connectivity index (χ3v) is 7.99. The molecule has 0 aromatic heterocycles. The van der Waals surface area contributed by atoms with Crippen molar-refractivity contribution in [3.05, 3.63) is 70.8 Å². The fraction of sp³-hybridized carbons (Fsp3) is 0.469. The van der Waals surface area contributed by atoms with Gasteiger partial charge in [-0.25, -0.2) is 9.18 Å². The predicted molar refractivity (Wildman–Crippen MR) is 158 cm³/mol. The Morgan fingerprint density at radius 1 is 0.977 bits per heavy atom. The van der Waals surface area contributed by atoms with Gasteiger partial charge >= 0.3 is 6.09 Å². The zero-order valence-electron chi connectivity index (χ0n) is 24.3. The molecule has 2 aromatic rings. The second-order valence-corrected chi connectivity index (χ2v) is 11.1. The van der Waals surface area contributed by atoms with Crippen molar-refractivity contribution in [2.24, 2.45) is 0 Å². The molecule has 0 saturated carbocycles. The zero-order valence-corrected chi connectivity index (χ0v) is 24.3. The standard InChI is InChI=1S/C32H38FN5O5/c1-42-32(41)38-21-27(36-30(39)28-16-26(33)19-34-28)17-29(38)31(40)35-18-24-8-4-22(5-9-24)2-3-23-6-10-25(11-7-23)20-37-12-14-43-15-13-37/h4-11,26-29,34H,12-21H2,1H3,(H,35,40)(H,36,39)/t26-,27+,28-,29+/m0/s1. The largest absolute Gasteiger partial charge is 0.453 e. The van der Waals surface area contributed by atoms with Crippen molar-refractivity contribution in [1.82, 2.24) is 25.8 Å². The maximum Gasteiger partial charge on any atom is 0.410 e. The van der Waals surface area contributed by atoms with Gasteiger partial charge in [-0.2, -0.15) is 0 Å². The summed E-state index contributed by atoms with van der Waals surface area (Å²) >= 11 is 0. The molecular formula is C32H38FN5O5. The quantitative estimate of drug-likeness (QED) is 0.419. The van der Waals surface area contributed by atoms with E-state index in [2.05, 4.69) is 44.8 Å². The van der Waals surface area contributed by atoms with Crippen molar-refractivity contribution in [3.8, 4) is 11.8 Å². The summed E-state index contributed by atoms with van der Waals surface area (Å²) < 4.78 is 23.8. The summed E-state index contributed by atoms with van der Waals surface area (Å²) in [5.74, 6) is 5.71. The number of hydrogen-bond donors (Lipinski definition) is 3. The molecule has 3 heterocycles. The van der Waals surface area contributed by atoms with Crippen LogP contribution in [-0.4, -0.2) is 98.5 Å². The maximum absolute atomic E-state index is 13.5. The summed E-state index contributed by atoms with van der Waals surface area (Å²) in [5, 5.41) is 8.58. The van der Waals surface area contributed by atoms with Gasteiger partial charge in [-0.15, -0.1) is 0 Å². The normalized spacial score (nSPS) is 23.7. The fourth-order valence-corrected chi connectivity index (χ4v) is 5.57. The van der Waals surface area contributed by atoms with Gasteiger partial charge in [0.1, 0.15) is 12.2 Å². The van der Waals surface area contributed by atoms with Crippen LogP contribution in [0.25, 0.3) is 0 Å². The van der Waals surface area contributed by atoms with Crippen LogP contribution < -0.4 is 16.0 Å². The number of methoxy groups -OCH3 is 1. The number of rotatable bonds is 7. The third kappa shape index (κ3) is 8.32. The van der Waals surface area contributed by atoms with Crippen molar-refractivity contribution in [3.63, 3.8) is 0 Å². The smallest absolute Gasteiger partial charge is 0.410 e. The number of ether oxygens (including phenoxy) is 2. The SMILES string of the molecule is COC(=O)N1C[C@H](NC(=O)[C@@H]2C[C@H](F)CN2)C[C@@H]1C(=O)NCc1ccc(C#Cc2ccc(CN3CCOCC3)cc2)cc1. The summed E-state index contributed by atoms with van der Waals surface area (Å²) in [6.45, 7) is 4.93. The van der Waals surface area contributed by atoms with E-state index in [9.17, 15) is 18.8 Å². The second kappa shape index (κ2) is 14.5. The Morgan fingerprint density at radius 2 is 1.63 bits per heavy atom. The molecule has 4 atom stereocenters. The highest BCUT2D eigenvalue weighted by Crippen LogP contribution is 2.21. The maximum atomic E-state index is 13.5. The number of benzene rings is 2. The summed E-state index contributed by atoms with van der Waals surface area (Å²) in [7, 11) is 1.25. The van der Waals surface area contributed by atoms with Crippen LogP contribution in [0.3, 0.4) is 0 Å².